The fraction of sp³-hybridized carbons (Fsp3) is 0.426. The van der Waals surface area contributed by atoms with Crippen molar-refractivity contribution in [2.24, 2.45) is 44.4 Å². The number of imidazole rings is 1. The number of amides is 6. The largest absolute Gasteiger partial charge is 0.370 e. The maximum absolute atomic E-state index is 14.2. The summed E-state index contributed by atoms with van der Waals surface area (Å²) < 4.78 is 14.5. The Morgan fingerprint density at radius 2 is 1.24 bits per heavy atom. The highest BCUT2D eigenvalue weighted by Gasteiger charge is 2.32. The summed E-state index contributed by atoms with van der Waals surface area (Å²) in [5.74, 6) is -4.32. The fourth-order valence-electron chi connectivity index (χ4n) is 6.95. The van der Waals surface area contributed by atoms with Gasteiger partial charge in [-0.3, -0.25) is 38.8 Å². The van der Waals surface area contributed by atoms with E-state index >= 15 is 0 Å². The number of hydrogen-bond acceptors (Lipinski definition) is 16. The number of aromatic amines is 2. The van der Waals surface area contributed by atoms with Crippen molar-refractivity contribution in [3.05, 3.63) is 90.1 Å². The zero-order chi connectivity index (χ0) is 57.0. The number of carbonyl (C=O) groups is 8. The molecule has 21 N–H and O–H groups in total. The van der Waals surface area contributed by atoms with E-state index in [0.29, 0.717) is 36.2 Å². The summed E-state index contributed by atoms with van der Waals surface area (Å²) >= 11 is 7.99. The van der Waals surface area contributed by atoms with Crippen molar-refractivity contribution in [3.63, 3.8) is 0 Å². The Morgan fingerprint density at radius 1 is 0.667 bits per heavy atom. The van der Waals surface area contributed by atoms with Gasteiger partial charge in [0.2, 0.25) is 35.4 Å². The van der Waals surface area contributed by atoms with Gasteiger partial charge in [0, 0.05) is 72.8 Å². The van der Waals surface area contributed by atoms with Crippen molar-refractivity contribution in [2.75, 3.05) is 24.6 Å². The van der Waals surface area contributed by atoms with E-state index in [1.807, 2.05) is 24.3 Å². The van der Waals surface area contributed by atoms with Crippen molar-refractivity contribution >= 4 is 96.0 Å². The van der Waals surface area contributed by atoms with Gasteiger partial charge < -0.3 is 80.5 Å². The van der Waals surface area contributed by atoms with E-state index in [1.165, 1.54) is 19.4 Å². The van der Waals surface area contributed by atoms with Gasteiger partial charge in [-0.2, -0.15) is 25.3 Å². The highest BCUT2D eigenvalue weighted by atomic mass is 32.1. The van der Waals surface area contributed by atoms with E-state index in [4.69, 9.17) is 37.1 Å². The summed E-state index contributed by atoms with van der Waals surface area (Å²) in [5, 5.41) is 13.9. The molecule has 0 fully saturated rings. The summed E-state index contributed by atoms with van der Waals surface area (Å²) in [6.07, 6.45) is 4.13. The molecule has 2 heterocycles. The number of para-hydroxylation sites is 1. The second-order valence-corrected chi connectivity index (χ2v) is 17.6. The van der Waals surface area contributed by atoms with Gasteiger partial charge >= 0.3 is 0 Å². The van der Waals surface area contributed by atoms with Crippen molar-refractivity contribution in [1.29, 1.82) is 0 Å². The number of hydrogen-bond donors (Lipinski definition) is 17. The number of H-pyrrole nitrogens is 2. The number of guanidine groups is 2. The van der Waals surface area contributed by atoms with Crippen LogP contribution in [0.3, 0.4) is 0 Å². The summed E-state index contributed by atoms with van der Waals surface area (Å²) in [5.41, 5.74) is 40.6. The van der Waals surface area contributed by atoms with Crippen LogP contribution in [0, 0.1) is 0 Å². The number of carbonyl (C=O) groups excluding carboxylic acids is 8. The Labute approximate surface area is 447 Å². The number of benzene rings is 2. The molecule has 0 spiro atoms. The lowest BCUT2D eigenvalue weighted by molar-refractivity contribution is -0.134. The van der Waals surface area contributed by atoms with Gasteiger partial charge in [-0.25, -0.2) is 15.8 Å². The molecule has 8 atom stereocenters. The first-order valence-corrected chi connectivity index (χ1v) is 24.9. The molecule has 6 amide bonds. The topological polar surface area (TPSA) is 446 Å². The predicted molar refractivity (Wildman–Crippen MR) is 290 cm³/mol. The Morgan fingerprint density at radius 3 is 1.83 bits per heavy atom. The molecule has 408 valence electrons. The van der Waals surface area contributed by atoms with E-state index < -0.39 is 96.3 Å². The quantitative estimate of drug-likeness (QED) is 0.00560. The Balaban J connectivity index is 0.000000737. The molecule has 2 unspecified atom stereocenters. The molecule has 0 aliphatic heterocycles. The molecule has 26 nitrogen and oxygen atoms in total. The maximum atomic E-state index is 14.2. The predicted octanol–water partition coefficient (Wildman–Crippen LogP) is -3.64. The van der Waals surface area contributed by atoms with Crippen LogP contribution in [0.5, 0.6) is 0 Å². The third-order valence-corrected chi connectivity index (χ3v) is 11.7. The van der Waals surface area contributed by atoms with Crippen LogP contribution in [-0.2, 0) is 57.6 Å². The molecule has 0 saturated heterocycles. The van der Waals surface area contributed by atoms with Gasteiger partial charge in [0.25, 0.3) is 0 Å². The molecular formula is C47H70N18O8S2. The molecule has 0 aliphatic carbocycles. The number of fused-ring (bicyclic) bond motifs is 1. The number of primary amides is 1. The van der Waals surface area contributed by atoms with Crippen LogP contribution in [0.25, 0.3) is 10.9 Å². The van der Waals surface area contributed by atoms with Gasteiger partial charge in [-0.15, -0.1) is 0 Å². The van der Waals surface area contributed by atoms with Crippen LogP contribution in [0.15, 0.2) is 83.3 Å². The van der Waals surface area contributed by atoms with E-state index in [1.54, 1.807) is 36.5 Å². The van der Waals surface area contributed by atoms with E-state index in [2.05, 4.69) is 87.6 Å². The smallest absolute Gasteiger partial charge is 0.243 e. The number of aromatic nitrogens is 3. The second kappa shape index (κ2) is 33.3. The third kappa shape index (κ3) is 22.6. The number of thiol groups is 2. The van der Waals surface area contributed by atoms with Gasteiger partial charge in [0.15, 0.2) is 11.9 Å². The number of aldehydes is 2. The lowest BCUT2D eigenvalue weighted by Crippen LogP contribution is -2.60. The van der Waals surface area contributed by atoms with Crippen molar-refractivity contribution in [1.82, 2.24) is 52.4 Å². The van der Waals surface area contributed by atoms with Crippen LogP contribution in [0.1, 0.15) is 52.2 Å². The Kier molecular flexibility index (Phi) is 25.9. The first-order valence-electron chi connectivity index (χ1n) is 24.6. The molecule has 75 heavy (non-hydrogen) atoms. The van der Waals surface area contributed by atoms with Gasteiger partial charge in [-0.05, 0) is 49.8 Å². The molecule has 4 aromatic rings. The number of aliphatic imine (C=N–C) groups is 2. The van der Waals surface area contributed by atoms with Crippen LogP contribution in [0.4, 0.5) is 0 Å². The van der Waals surface area contributed by atoms with Gasteiger partial charge in [0.05, 0.1) is 30.5 Å². The molecule has 2 aromatic carbocycles. The molecule has 0 bridgehead atoms. The van der Waals surface area contributed by atoms with Crippen molar-refractivity contribution < 1.29 is 41.1 Å². The molecule has 28 heteroatoms. The minimum atomic E-state index is -1.26. The maximum Gasteiger partial charge on any atom is 0.243 e. The van der Waals surface area contributed by atoms with E-state index in [0.717, 1.165) is 10.9 Å². The Hall–Kier alpha value is -7.53. The average Bonchev–Trinajstić information content (AvgIpc) is 4.07. The van der Waals surface area contributed by atoms with E-state index in [9.17, 15) is 38.4 Å². The first kappa shape index (κ1) is 58.4. The van der Waals surface area contributed by atoms with Gasteiger partial charge in [-0.1, -0.05) is 48.5 Å². The second-order valence-electron chi connectivity index (χ2n) is 16.9. The lowest BCUT2D eigenvalue weighted by Gasteiger charge is -2.27. The molecule has 2 aromatic heterocycles. The highest BCUT2D eigenvalue weighted by molar-refractivity contribution is 7.80. The molecule has 0 aliphatic rings. The summed E-state index contributed by atoms with van der Waals surface area (Å²) in [7, 11) is 0. The average molecular weight is 1080 g/mol. The zero-order valence-corrected chi connectivity index (χ0v) is 43.1. The Bertz CT molecular complexity index is 2620. The summed E-state index contributed by atoms with van der Waals surface area (Å²) in [4.78, 5) is 120. The van der Waals surface area contributed by atoms with Gasteiger partial charge in [0.1, 0.15) is 39.4 Å². The van der Waals surface area contributed by atoms with Crippen molar-refractivity contribution in [2.45, 2.75) is 100 Å². The molecule has 4 rings (SSSR count). The van der Waals surface area contributed by atoms with Crippen LogP contribution in [0.2, 0.25) is 0 Å². The number of nitrogens with two attached hydrogens (primary N) is 6. The monoisotopic (exact) mass is 1080 g/mol. The fourth-order valence-corrected chi connectivity index (χ4v) is 7.39. The zero-order valence-electron chi connectivity index (χ0n) is 43.3. The van der Waals surface area contributed by atoms with Crippen LogP contribution < -0.4 is 71.8 Å². The summed E-state index contributed by atoms with van der Waals surface area (Å²) in [6.45, 7) is 2.00. The summed E-state index contributed by atoms with van der Waals surface area (Å²) in [6, 6.07) is 7.70. The molecule has 0 radical (unpaired) electrons. The van der Waals surface area contributed by atoms with Crippen LogP contribution >= 0.6 is 25.3 Å². The number of nitrogens with zero attached hydrogens (tertiary/aromatic N) is 3. The minimum Gasteiger partial charge on any atom is -0.370 e. The third-order valence-electron chi connectivity index (χ3n) is 11.0. The normalized spacial score (nSPS) is 14.4. The minimum absolute atomic E-state index is 0.00547. The van der Waals surface area contributed by atoms with Crippen molar-refractivity contribution in [3.8, 4) is 0 Å². The lowest BCUT2D eigenvalue weighted by atomic mass is 10.0. The first-order chi connectivity index (χ1) is 36.6. The SMILES string of the molecule is [2H]C(=O)[C@H](CS)NC(=O)[C@@H](N)CCCN=C(N)N.[2H]C(=O)[C@H](Cc1cnc[nH]1)NN[C@@H](C)C(=O)NC(Cc1ccccc1)C(=O)N[C@@H](CCCN=C(N)N)C(=O)NC(Cc1c[nH]c2ccccc12)C(=O)N[C@@H](CS)C(N)=O. The van der Waals surface area contributed by atoms with E-state index in [-0.39, 0.29) is 62.1 Å². The number of nitrogens with one attached hydrogen (secondary N) is 9. The standard InChI is InChI=1S/C38H51N13O6S.C9H19N5O2S/c1-22(50-51-26(19-52)16-25-18-42-21-45-25)34(54)47-30(14-23-8-3-2-4-9-23)36(56)46-29(12-7-13-43-38(40)41)35(55)48-31(37(57)49-32(20-58)33(39)53)15-24-17-44-28-11-6-5-10-27(24)28;10-7(2-1-3-13-9(11)12)8(16)14-6(4-15)5-17/h2-6,8-11,17-19,21-22,26,29-32,44,50-51,58H,7,12-16,20H2,1H3,(H2,39,53)(H,42,45)(H,46,56)(H,47,54)(H,48,55)(H,49,57)(H4,40,41,43);4,6-7,17H,1-3,5,10H2,(H,14,16)(H4,11,12,13)/t22-,26-,29-,30?,31?,32-;6-,7+/m01/s1/i19D;4D. The highest BCUT2D eigenvalue weighted by Crippen LogP contribution is 2.20. The van der Waals surface area contributed by atoms with Crippen LogP contribution in [-0.4, -0.2) is 148 Å². The number of hydrazine groups is 1. The number of rotatable bonds is 32. The molecule has 0 saturated carbocycles. The molecular weight excluding hydrogens is 1010 g/mol.